The lowest BCUT2D eigenvalue weighted by molar-refractivity contribution is -0.124. The molecule has 2 aromatic carbocycles. The summed E-state index contributed by atoms with van der Waals surface area (Å²) in [6.45, 7) is 0. The molecular weight excluding hydrogens is 334 g/mol. The molecule has 0 unspecified atom stereocenters. The number of hydroxylamine groups is 1. The first-order valence-electron chi connectivity index (χ1n) is 7.87. The van der Waals surface area contributed by atoms with Crippen LogP contribution in [-0.2, 0) is 16.0 Å². The van der Waals surface area contributed by atoms with E-state index in [1.54, 1.807) is 24.3 Å². The van der Waals surface area contributed by atoms with Gasteiger partial charge in [-0.15, -0.1) is 0 Å². The van der Waals surface area contributed by atoms with Gasteiger partial charge >= 0.3 is 5.97 Å². The lowest BCUT2D eigenvalue weighted by Crippen LogP contribution is -2.14. The maximum atomic E-state index is 11.6. The van der Waals surface area contributed by atoms with Crippen LogP contribution in [0.15, 0.2) is 48.5 Å². The smallest absolute Gasteiger partial charge is 0.337 e. The minimum atomic E-state index is -0.581. The second-order valence-corrected chi connectivity index (χ2v) is 5.63. The van der Waals surface area contributed by atoms with Crippen molar-refractivity contribution in [3.05, 3.63) is 71.1 Å². The van der Waals surface area contributed by atoms with Crippen LogP contribution in [-0.4, -0.2) is 34.2 Å². The molecule has 0 bridgehead atoms. The Balaban J connectivity index is 1.75. The summed E-state index contributed by atoms with van der Waals surface area (Å²) in [7, 11) is 1.35. The Bertz CT molecular complexity index is 974. The standard InChI is InChI=1S/C19H17N3O4/c1-26-19(24)14-7-8-15-16(11-14)21-17(20-15)10-13-4-2-12(3-5-13)6-9-18(23)22-25/h2-9,11,25H,10H2,1H3,(H,20,21)(H,22,23)/b9-6+. The van der Waals surface area contributed by atoms with Gasteiger partial charge in [-0.25, -0.2) is 15.3 Å². The lowest BCUT2D eigenvalue weighted by atomic mass is 10.1. The minimum Gasteiger partial charge on any atom is -0.465 e. The number of methoxy groups -OCH3 is 1. The van der Waals surface area contributed by atoms with Gasteiger partial charge in [0.25, 0.3) is 5.91 Å². The van der Waals surface area contributed by atoms with E-state index in [2.05, 4.69) is 9.97 Å². The molecule has 26 heavy (non-hydrogen) atoms. The van der Waals surface area contributed by atoms with Crippen LogP contribution in [0.1, 0.15) is 27.3 Å². The number of aromatic amines is 1. The summed E-state index contributed by atoms with van der Waals surface area (Å²) in [6.07, 6.45) is 3.45. The highest BCUT2D eigenvalue weighted by Crippen LogP contribution is 2.17. The summed E-state index contributed by atoms with van der Waals surface area (Å²) in [4.78, 5) is 30.3. The zero-order valence-electron chi connectivity index (χ0n) is 14.0. The predicted molar refractivity (Wildman–Crippen MR) is 95.6 cm³/mol. The number of ether oxygens (including phenoxy) is 1. The fourth-order valence-corrected chi connectivity index (χ4v) is 2.54. The third kappa shape index (κ3) is 3.96. The van der Waals surface area contributed by atoms with Gasteiger partial charge in [0, 0.05) is 12.5 Å². The molecular formula is C19H17N3O4. The maximum absolute atomic E-state index is 11.6. The Morgan fingerprint density at radius 2 is 2.00 bits per heavy atom. The van der Waals surface area contributed by atoms with Crippen molar-refractivity contribution in [3.63, 3.8) is 0 Å². The molecule has 132 valence electrons. The number of nitrogens with one attached hydrogen (secondary N) is 2. The Kier molecular flexibility index (Phi) is 5.09. The number of imidazole rings is 1. The molecule has 0 aliphatic heterocycles. The highest BCUT2D eigenvalue weighted by molar-refractivity contribution is 5.93. The lowest BCUT2D eigenvalue weighted by Gasteiger charge is -1.99. The summed E-state index contributed by atoms with van der Waals surface area (Å²) in [6, 6.07) is 12.8. The molecule has 7 nitrogen and oxygen atoms in total. The van der Waals surface area contributed by atoms with Crippen LogP contribution in [0.25, 0.3) is 17.1 Å². The van der Waals surface area contributed by atoms with E-state index in [0.29, 0.717) is 12.0 Å². The summed E-state index contributed by atoms with van der Waals surface area (Å²) in [5.74, 6) is -0.186. The molecule has 1 heterocycles. The third-order valence-electron chi connectivity index (χ3n) is 3.84. The van der Waals surface area contributed by atoms with Crippen LogP contribution in [0, 0.1) is 0 Å². The average Bonchev–Trinajstić information content (AvgIpc) is 3.07. The SMILES string of the molecule is COC(=O)c1ccc2nc(Cc3ccc(/C=C/C(=O)NO)cc3)[nH]c2c1. The first kappa shape index (κ1) is 17.4. The molecule has 3 N–H and O–H groups in total. The van der Waals surface area contributed by atoms with E-state index in [0.717, 1.165) is 28.0 Å². The highest BCUT2D eigenvalue weighted by Gasteiger charge is 2.09. The average molecular weight is 351 g/mol. The normalized spacial score (nSPS) is 11.0. The van der Waals surface area contributed by atoms with Crippen molar-refractivity contribution in [2.24, 2.45) is 0 Å². The zero-order valence-corrected chi connectivity index (χ0v) is 14.0. The van der Waals surface area contributed by atoms with Crippen molar-refractivity contribution >= 4 is 29.0 Å². The number of fused-ring (bicyclic) bond motifs is 1. The fourth-order valence-electron chi connectivity index (χ4n) is 2.54. The van der Waals surface area contributed by atoms with Crippen molar-refractivity contribution in [3.8, 4) is 0 Å². The van der Waals surface area contributed by atoms with Gasteiger partial charge in [0.2, 0.25) is 0 Å². The van der Waals surface area contributed by atoms with E-state index in [4.69, 9.17) is 9.94 Å². The van der Waals surface area contributed by atoms with E-state index in [-0.39, 0.29) is 5.97 Å². The monoisotopic (exact) mass is 351 g/mol. The topological polar surface area (TPSA) is 104 Å². The minimum absolute atomic E-state index is 0.387. The van der Waals surface area contributed by atoms with Crippen LogP contribution in [0.4, 0.5) is 0 Å². The fraction of sp³-hybridized carbons (Fsp3) is 0.105. The van der Waals surface area contributed by atoms with Crippen molar-refractivity contribution in [2.45, 2.75) is 6.42 Å². The Hall–Kier alpha value is -3.45. The summed E-state index contributed by atoms with van der Waals surface area (Å²) < 4.78 is 4.72. The molecule has 0 radical (unpaired) electrons. The van der Waals surface area contributed by atoms with Gasteiger partial charge in [0.05, 0.1) is 23.7 Å². The first-order valence-corrected chi connectivity index (χ1v) is 7.87. The molecule has 3 aromatic rings. The zero-order chi connectivity index (χ0) is 18.5. The van der Waals surface area contributed by atoms with Crippen LogP contribution in [0.2, 0.25) is 0 Å². The molecule has 1 aromatic heterocycles. The quantitative estimate of drug-likeness (QED) is 0.283. The van der Waals surface area contributed by atoms with Gasteiger partial charge in [-0.1, -0.05) is 24.3 Å². The number of esters is 1. The maximum Gasteiger partial charge on any atom is 0.337 e. The van der Waals surface area contributed by atoms with Gasteiger partial charge in [0.1, 0.15) is 5.82 Å². The predicted octanol–water partition coefficient (Wildman–Crippen LogP) is 2.46. The number of hydrogen-bond donors (Lipinski definition) is 3. The molecule has 0 atom stereocenters. The molecule has 0 spiro atoms. The highest BCUT2D eigenvalue weighted by atomic mass is 16.5. The van der Waals surface area contributed by atoms with Gasteiger partial charge in [0.15, 0.2) is 0 Å². The van der Waals surface area contributed by atoms with Crippen LogP contribution >= 0.6 is 0 Å². The summed E-state index contributed by atoms with van der Waals surface area (Å²) >= 11 is 0. The number of rotatable bonds is 5. The molecule has 7 heteroatoms. The second kappa shape index (κ2) is 7.62. The molecule has 3 rings (SSSR count). The van der Waals surface area contributed by atoms with Crippen LogP contribution < -0.4 is 5.48 Å². The van der Waals surface area contributed by atoms with E-state index >= 15 is 0 Å². The Morgan fingerprint density at radius 3 is 2.69 bits per heavy atom. The van der Waals surface area contributed by atoms with Gasteiger partial charge in [-0.2, -0.15) is 0 Å². The molecule has 0 saturated carbocycles. The summed E-state index contributed by atoms with van der Waals surface area (Å²) in [5, 5.41) is 8.46. The van der Waals surface area contributed by atoms with Crippen molar-refractivity contribution in [1.82, 2.24) is 15.4 Å². The number of H-pyrrole nitrogens is 1. The number of aromatic nitrogens is 2. The molecule has 0 saturated heterocycles. The first-order chi connectivity index (χ1) is 12.6. The van der Waals surface area contributed by atoms with Gasteiger partial charge in [-0.3, -0.25) is 10.0 Å². The van der Waals surface area contributed by atoms with Crippen LogP contribution in [0.3, 0.4) is 0 Å². The second-order valence-electron chi connectivity index (χ2n) is 5.63. The Labute approximate surface area is 149 Å². The molecule has 0 fully saturated rings. The third-order valence-corrected chi connectivity index (χ3v) is 3.84. The van der Waals surface area contributed by atoms with E-state index in [1.807, 2.05) is 24.3 Å². The van der Waals surface area contributed by atoms with Gasteiger partial charge in [-0.05, 0) is 35.4 Å². The van der Waals surface area contributed by atoms with E-state index in [9.17, 15) is 9.59 Å². The number of carbonyl (C=O) groups is 2. The number of nitrogens with zero attached hydrogens (tertiary/aromatic N) is 1. The number of hydrogen-bond acceptors (Lipinski definition) is 5. The number of carbonyl (C=O) groups excluding carboxylic acids is 2. The largest absolute Gasteiger partial charge is 0.465 e. The molecule has 1 amide bonds. The van der Waals surface area contributed by atoms with Crippen molar-refractivity contribution < 1.29 is 19.5 Å². The molecule has 0 aliphatic rings. The van der Waals surface area contributed by atoms with Crippen LogP contribution in [0.5, 0.6) is 0 Å². The summed E-state index contributed by atoms with van der Waals surface area (Å²) in [5.41, 5.74) is 5.45. The molecule has 0 aliphatic carbocycles. The number of benzene rings is 2. The number of amides is 1. The van der Waals surface area contributed by atoms with E-state index < -0.39 is 5.91 Å². The van der Waals surface area contributed by atoms with Gasteiger partial charge < -0.3 is 9.72 Å². The van der Waals surface area contributed by atoms with Crippen molar-refractivity contribution in [2.75, 3.05) is 7.11 Å². The van der Waals surface area contributed by atoms with E-state index in [1.165, 1.54) is 18.7 Å². The van der Waals surface area contributed by atoms with Crippen molar-refractivity contribution in [1.29, 1.82) is 0 Å². The Morgan fingerprint density at radius 1 is 1.23 bits per heavy atom.